The molecular weight excluding hydrogens is 226 g/mol. The predicted octanol–water partition coefficient (Wildman–Crippen LogP) is -1.34. The number of primary amides is 1. The molecule has 6 heteroatoms. The first-order valence-electron chi connectivity index (χ1n) is 5.78. The van der Waals surface area contributed by atoms with E-state index in [9.17, 15) is 9.00 Å². The Labute approximate surface area is 98.2 Å². The van der Waals surface area contributed by atoms with E-state index in [1.54, 1.807) is 0 Å². The number of carbonyl (C=O) groups excluding carboxylic acids is 1. The van der Waals surface area contributed by atoms with Crippen LogP contribution in [0.3, 0.4) is 0 Å². The van der Waals surface area contributed by atoms with Gasteiger partial charge in [0.2, 0.25) is 5.91 Å². The van der Waals surface area contributed by atoms with Gasteiger partial charge in [-0.2, -0.15) is 0 Å². The lowest BCUT2D eigenvalue weighted by molar-refractivity contribution is -0.120. The van der Waals surface area contributed by atoms with Crippen LogP contribution < -0.4 is 11.1 Å². The van der Waals surface area contributed by atoms with Crippen molar-refractivity contribution in [3.63, 3.8) is 0 Å². The van der Waals surface area contributed by atoms with Crippen molar-refractivity contribution in [2.24, 2.45) is 5.73 Å². The highest BCUT2D eigenvalue weighted by Crippen LogP contribution is 2.19. The molecule has 1 heterocycles. The van der Waals surface area contributed by atoms with Crippen molar-refractivity contribution in [1.82, 2.24) is 10.2 Å². The van der Waals surface area contributed by atoms with Crippen LogP contribution in [-0.4, -0.2) is 58.2 Å². The van der Waals surface area contributed by atoms with E-state index >= 15 is 0 Å². The Kier molecular flexibility index (Phi) is 3.94. The van der Waals surface area contributed by atoms with E-state index in [4.69, 9.17) is 5.73 Å². The van der Waals surface area contributed by atoms with Gasteiger partial charge >= 0.3 is 0 Å². The summed E-state index contributed by atoms with van der Waals surface area (Å²) in [6.45, 7) is 2.27. The van der Waals surface area contributed by atoms with Crippen molar-refractivity contribution >= 4 is 16.7 Å². The summed E-state index contributed by atoms with van der Waals surface area (Å²) >= 11 is 0. The summed E-state index contributed by atoms with van der Waals surface area (Å²) in [7, 11) is -0.663. The number of nitrogens with zero attached hydrogens (tertiary/aromatic N) is 1. The van der Waals surface area contributed by atoms with Gasteiger partial charge in [-0.1, -0.05) is 0 Å². The molecule has 0 radical (unpaired) electrons. The van der Waals surface area contributed by atoms with E-state index in [0.29, 0.717) is 12.6 Å². The maximum absolute atomic E-state index is 11.3. The van der Waals surface area contributed by atoms with Crippen molar-refractivity contribution in [2.75, 3.05) is 31.1 Å². The molecule has 2 aliphatic rings. The molecule has 1 aliphatic carbocycles. The first-order chi connectivity index (χ1) is 7.65. The number of hydrogen-bond acceptors (Lipinski definition) is 4. The topological polar surface area (TPSA) is 75.4 Å². The van der Waals surface area contributed by atoms with Crippen LogP contribution >= 0.6 is 0 Å². The molecule has 16 heavy (non-hydrogen) atoms. The molecule has 0 aromatic rings. The molecule has 1 saturated heterocycles. The first-order valence-corrected chi connectivity index (χ1v) is 7.26. The second-order valence-corrected chi connectivity index (χ2v) is 6.24. The summed E-state index contributed by atoms with van der Waals surface area (Å²) in [6, 6.07) is 0.232. The lowest BCUT2D eigenvalue weighted by Crippen LogP contribution is -2.52. The average Bonchev–Trinajstić information content (AvgIpc) is 3.04. The second-order valence-electron chi connectivity index (χ2n) is 4.54. The zero-order valence-corrected chi connectivity index (χ0v) is 10.2. The average molecular weight is 245 g/mol. The lowest BCUT2D eigenvalue weighted by Gasteiger charge is -2.29. The molecule has 2 fully saturated rings. The van der Waals surface area contributed by atoms with Gasteiger partial charge in [-0.05, 0) is 12.8 Å². The molecule has 1 atom stereocenters. The summed E-state index contributed by atoms with van der Waals surface area (Å²) in [5, 5.41) is 3.26. The number of amides is 1. The highest BCUT2D eigenvalue weighted by atomic mass is 32.2. The molecule has 2 rings (SSSR count). The summed E-state index contributed by atoms with van der Waals surface area (Å²) in [5.41, 5.74) is 5.37. The van der Waals surface area contributed by atoms with E-state index in [1.807, 2.05) is 0 Å². The monoisotopic (exact) mass is 245 g/mol. The van der Waals surface area contributed by atoms with E-state index in [1.165, 1.54) is 0 Å². The van der Waals surface area contributed by atoms with Crippen molar-refractivity contribution in [1.29, 1.82) is 0 Å². The van der Waals surface area contributed by atoms with Crippen LogP contribution in [0.25, 0.3) is 0 Å². The zero-order chi connectivity index (χ0) is 11.5. The highest BCUT2D eigenvalue weighted by Gasteiger charge is 2.29. The third kappa shape index (κ3) is 3.54. The second kappa shape index (κ2) is 5.25. The summed E-state index contributed by atoms with van der Waals surface area (Å²) in [4.78, 5) is 13.4. The van der Waals surface area contributed by atoms with Crippen LogP contribution in [0.2, 0.25) is 0 Å². The molecule has 5 nitrogen and oxygen atoms in total. The minimum atomic E-state index is -0.663. The van der Waals surface area contributed by atoms with Crippen LogP contribution in [0, 0.1) is 0 Å². The van der Waals surface area contributed by atoms with Gasteiger partial charge < -0.3 is 11.1 Å². The largest absolute Gasteiger partial charge is 0.368 e. The Balaban J connectivity index is 1.79. The predicted molar refractivity (Wildman–Crippen MR) is 63.5 cm³/mol. The quantitative estimate of drug-likeness (QED) is 0.628. The Morgan fingerprint density at radius 2 is 2.06 bits per heavy atom. The molecule has 1 unspecified atom stereocenters. The molecule has 0 aromatic carbocycles. The van der Waals surface area contributed by atoms with Crippen LogP contribution in [-0.2, 0) is 15.6 Å². The van der Waals surface area contributed by atoms with Gasteiger partial charge in [0.25, 0.3) is 0 Å². The number of nitrogens with two attached hydrogens (primary N) is 1. The van der Waals surface area contributed by atoms with Gasteiger partial charge in [-0.25, -0.2) is 0 Å². The van der Waals surface area contributed by atoms with Crippen molar-refractivity contribution in [3.8, 4) is 0 Å². The van der Waals surface area contributed by atoms with Gasteiger partial charge in [0.15, 0.2) is 0 Å². The van der Waals surface area contributed by atoms with Crippen LogP contribution in [0.15, 0.2) is 0 Å². The fourth-order valence-corrected chi connectivity index (χ4v) is 3.00. The molecule has 1 saturated carbocycles. The smallest absolute Gasteiger partial charge is 0.235 e. The van der Waals surface area contributed by atoms with Crippen molar-refractivity contribution < 1.29 is 9.00 Å². The van der Waals surface area contributed by atoms with Crippen LogP contribution in [0.1, 0.15) is 12.8 Å². The highest BCUT2D eigenvalue weighted by molar-refractivity contribution is 7.85. The molecule has 0 bridgehead atoms. The molecular formula is C10H19N3O2S. The number of rotatable bonds is 5. The minimum absolute atomic E-state index is 0.251. The lowest BCUT2D eigenvalue weighted by atomic mass is 10.2. The third-order valence-corrected chi connectivity index (χ3v) is 4.34. The Bertz CT molecular complexity index is 284. The first kappa shape index (κ1) is 12.0. The Morgan fingerprint density at radius 3 is 2.56 bits per heavy atom. The van der Waals surface area contributed by atoms with Crippen LogP contribution in [0.5, 0.6) is 0 Å². The molecule has 0 aromatic heterocycles. The Morgan fingerprint density at radius 1 is 1.44 bits per heavy atom. The van der Waals surface area contributed by atoms with E-state index in [-0.39, 0.29) is 11.9 Å². The molecule has 1 aliphatic heterocycles. The zero-order valence-electron chi connectivity index (χ0n) is 9.35. The van der Waals surface area contributed by atoms with Gasteiger partial charge in [0, 0.05) is 48.0 Å². The number of carbonyl (C=O) groups is 1. The maximum atomic E-state index is 11.3. The standard InChI is InChI=1S/C10H19N3O2S/c11-10(14)9(12-8-1-2-8)7-13-3-5-16(15)6-4-13/h8-9,12H,1-7H2,(H2,11,14). The summed E-state index contributed by atoms with van der Waals surface area (Å²) < 4.78 is 11.2. The van der Waals surface area contributed by atoms with Gasteiger partial charge in [-0.3, -0.25) is 13.9 Å². The van der Waals surface area contributed by atoms with Crippen LogP contribution in [0.4, 0.5) is 0 Å². The van der Waals surface area contributed by atoms with E-state index in [2.05, 4.69) is 10.2 Å². The van der Waals surface area contributed by atoms with E-state index in [0.717, 1.165) is 37.4 Å². The van der Waals surface area contributed by atoms with Gasteiger partial charge in [0.1, 0.15) is 0 Å². The molecule has 0 spiro atoms. The van der Waals surface area contributed by atoms with Gasteiger partial charge in [0.05, 0.1) is 6.04 Å². The van der Waals surface area contributed by atoms with Crippen molar-refractivity contribution in [3.05, 3.63) is 0 Å². The fourth-order valence-electron chi connectivity index (χ4n) is 1.88. The normalized spacial score (nSPS) is 25.5. The summed E-state index contributed by atoms with van der Waals surface area (Å²) in [5.74, 6) is 1.16. The van der Waals surface area contributed by atoms with Gasteiger partial charge in [-0.15, -0.1) is 0 Å². The molecule has 92 valence electrons. The SMILES string of the molecule is NC(=O)C(CN1CCS(=O)CC1)NC1CC1. The molecule has 3 N–H and O–H groups in total. The third-order valence-electron chi connectivity index (χ3n) is 3.07. The Hall–Kier alpha value is -0.460. The van der Waals surface area contributed by atoms with E-state index < -0.39 is 10.8 Å². The minimum Gasteiger partial charge on any atom is -0.368 e. The van der Waals surface area contributed by atoms with Crippen molar-refractivity contribution in [2.45, 2.75) is 24.9 Å². The number of hydrogen-bond donors (Lipinski definition) is 2. The molecule has 1 amide bonds. The summed E-state index contributed by atoms with van der Waals surface area (Å²) in [6.07, 6.45) is 2.29. The fraction of sp³-hybridized carbons (Fsp3) is 0.900. The number of nitrogens with one attached hydrogen (secondary N) is 1. The maximum Gasteiger partial charge on any atom is 0.235 e.